The normalized spacial score (nSPS) is 11.4. The van der Waals surface area contributed by atoms with E-state index < -0.39 is 15.8 Å². The predicted octanol–water partition coefficient (Wildman–Crippen LogP) is 2.53. The Morgan fingerprint density at radius 3 is 2.29 bits per heavy atom. The SMILES string of the molecule is Cc1cc(F)cc(NS(=O)(=O)Cc2ccc(CN)cc2)c1. The van der Waals surface area contributed by atoms with E-state index in [1.54, 1.807) is 37.3 Å². The molecule has 3 N–H and O–H groups in total. The lowest BCUT2D eigenvalue weighted by Crippen LogP contribution is -2.15. The Kier molecular flexibility index (Phi) is 4.59. The molecule has 0 heterocycles. The molecule has 0 atom stereocenters. The molecule has 21 heavy (non-hydrogen) atoms. The van der Waals surface area contributed by atoms with Crippen LogP contribution in [0, 0.1) is 12.7 Å². The summed E-state index contributed by atoms with van der Waals surface area (Å²) < 4.78 is 39.8. The summed E-state index contributed by atoms with van der Waals surface area (Å²) in [7, 11) is -3.59. The fourth-order valence-electron chi connectivity index (χ4n) is 2.00. The number of nitrogens with two attached hydrogens (primary N) is 1. The fraction of sp³-hybridized carbons (Fsp3) is 0.200. The summed E-state index contributed by atoms with van der Waals surface area (Å²) in [5.74, 6) is -0.645. The summed E-state index contributed by atoms with van der Waals surface area (Å²) in [6, 6.07) is 11.1. The van der Waals surface area contributed by atoms with E-state index in [4.69, 9.17) is 5.73 Å². The standard InChI is InChI=1S/C15H17FN2O2S/c1-11-6-14(16)8-15(7-11)18-21(19,20)10-13-4-2-12(9-17)3-5-13/h2-8,18H,9-10,17H2,1H3. The summed E-state index contributed by atoms with van der Waals surface area (Å²) in [6.07, 6.45) is 0. The minimum absolute atomic E-state index is 0.173. The Balaban J connectivity index is 2.14. The van der Waals surface area contributed by atoms with E-state index in [0.29, 0.717) is 17.7 Å². The van der Waals surface area contributed by atoms with Crippen molar-refractivity contribution in [2.75, 3.05) is 4.72 Å². The Hall–Kier alpha value is -1.92. The third-order valence-corrected chi connectivity index (χ3v) is 4.19. The summed E-state index contributed by atoms with van der Waals surface area (Å²) in [5, 5.41) is 0. The molecule has 0 spiro atoms. The molecular formula is C15H17FN2O2S. The number of nitrogens with one attached hydrogen (secondary N) is 1. The number of anilines is 1. The maximum atomic E-state index is 13.3. The van der Waals surface area contributed by atoms with E-state index in [2.05, 4.69) is 4.72 Å². The third-order valence-electron chi connectivity index (χ3n) is 2.93. The van der Waals surface area contributed by atoms with Crippen LogP contribution in [0.15, 0.2) is 42.5 Å². The van der Waals surface area contributed by atoms with Gasteiger partial charge < -0.3 is 5.73 Å². The zero-order valence-electron chi connectivity index (χ0n) is 11.6. The first-order valence-electron chi connectivity index (χ1n) is 6.43. The zero-order valence-corrected chi connectivity index (χ0v) is 12.5. The summed E-state index contributed by atoms with van der Waals surface area (Å²) in [6.45, 7) is 2.11. The highest BCUT2D eigenvalue weighted by Crippen LogP contribution is 2.17. The Morgan fingerprint density at radius 1 is 1.10 bits per heavy atom. The molecule has 0 saturated heterocycles. The van der Waals surface area contributed by atoms with Gasteiger partial charge in [-0.25, -0.2) is 12.8 Å². The van der Waals surface area contributed by atoms with Crippen LogP contribution >= 0.6 is 0 Å². The fourth-order valence-corrected chi connectivity index (χ4v) is 3.18. The first-order valence-corrected chi connectivity index (χ1v) is 8.09. The summed E-state index contributed by atoms with van der Waals surface area (Å²) in [5.41, 5.74) is 7.95. The number of halogens is 1. The molecule has 6 heteroatoms. The monoisotopic (exact) mass is 308 g/mol. The van der Waals surface area contributed by atoms with Crippen molar-refractivity contribution in [3.63, 3.8) is 0 Å². The Morgan fingerprint density at radius 2 is 1.71 bits per heavy atom. The van der Waals surface area contributed by atoms with E-state index in [-0.39, 0.29) is 11.4 Å². The van der Waals surface area contributed by atoms with Crippen molar-refractivity contribution in [1.29, 1.82) is 0 Å². The molecule has 0 unspecified atom stereocenters. The first-order chi connectivity index (χ1) is 9.88. The van der Waals surface area contributed by atoms with E-state index in [1.807, 2.05) is 0 Å². The van der Waals surface area contributed by atoms with Crippen LogP contribution in [0.3, 0.4) is 0 Å². The molecule has 2 aromatic carbocycles. The predicted molar refractivity (Wildman–Crippen MR) is 81.7 cm³/mol. The van der Waals surface area contributed by atoms with Gasteiger partial charge in [-0.15, -0.1) is 0 Å². The summed E-state index contributed by atoms with van der Waals surface area (Å²) >= 11 is 0. The second kappa shape index (κ2) is 6.24. The Labute approximate surface area is 123 Å². The Bertz CT molecular complexity index is 708. The average Bonchev–Trinajstić information content (AvgIpc) is 2.37. The van der Waals surface area contributed by atoms with Gasteiger partial charge in [0.15, 0.2) is 0 Å². The van der Waals surface area contributed by atoms with Gasteiger partial charge >= 0.3 is 0 Å². The van der Waals surface area contributed by atoms with E-state index in [9.17, 15) is 12.8 Å². The van der Waals surface area contributed by atoms with Crippen molar-refractivity contribution in [2.45, 2.75) is 19.2 Å². The molecule has 2 rings (SSSR count). The van der Waals surface area contributed by atoms with Gasteiger partial charge in [0.1, 0.15) is 5.82 Å². The molecule has 4 nitrogen and oxygen atoms in total. The largest absolute Gasteiger partial charge is 0.326 e. The molecule has 0 aliphatic heterocycles. The smallest absolute Gasteiger partial charge is 0.236 e. The lowest BCUT2D eigenvalue weighted by molar-refractivity contribution is 0.600. The van der Waals surface area contributed by atoms with Crippen LogP contribution in [0.4, 0.5) is 10.1 Å². The number of sulfonamides is 1. The van der Waals surface area contributed by atoms with Gasteiger partial charge in [-0.05, 0) is 41.8 Å². The lowest BCUT2D eigenvalue weighted by Gasteiger charge is -2.09. The number of rotatable bonds is 5. The molecule has 0 fully saturated rings. The van der Waals surface area contributed by atoms with Crippen LogP contribution in [0.1, 0.15) is 16.7 Å². The van der Waals surface area contributed by atoms with Crippen molar-refractivity contribution < 1.29 is 12.8 Å². The first kappa shape index (κ1) is 15.5. The van der Waals surface area contributed by atoms with Gasteiger partial charge in [0.2, 0.25) is 10.0 Å². The second-order valence-corrected chi connectivity index (χ2v) is 6.62. The maximum Gasteiger partial charge on any atom is 0.236 e. The molecule has 0 aromatic heterocycles. The molecule has 0 saturated carbocycles. The highest BCUT2D eigenvalue weighted by Gasteiger charge is 2.12. The van der Waals surface area contributed by atoms with Crippen molar-refractivity contribution in [1.82, 2.24) is 0 Å². The third kappa shape index (κ3) is 4.54. The number of hydrogen-bond donors (Lipinski definition) is 2. The topological polar surface area (TPSA) is 72.2 Å². The van der Waals surface area contributed by atoms with Crippen LogP contribution in [-0.4, -0.2) is 8.42 Å². The van der Waals surface area contributed by atoms with Gasteiger partial charge in [-0.1, -0.05) is 24.3 Å². The zero-order chi connectivity index (χ0) is 15.5. The van der Waals surface area contributed by atoms with Crippen molar-refractivity contribution in [3.8, 4) is 0 Å². The van der Waals surface area contributed by atoms with Crippen LogP contribution in [0.25, 0.3) is 0 Å². The second-order valence-electron chi connectivity index (χ2n) is 4.90. The lowest BCUT2D eigenvalue weighted by atomic mass is 10.1. The minimum Gasteiger partial charge on any atom is -0.326 e. The van der Waals surface area contributed by atoms with Gasteiger partial charge in [0.25, 0.3) is 0 Å². The molecule has 0 radical (unpaired) electrons. The van der Waals surface area contributed by atoms with Gasteiger partial charge in [-0.2, -0.15) is 0 Å². The highest BCUT2D eigenvalue weighted by atomic mass is 32.2. The van der Waals surface area contributed by atoms with Gasteiger partial charge in [0.05, 0.1) is 11.4 Å². The van der Waals surface area contributed by atoms with Gasteiger partial charge in [0, 0.05) is 6.54 Å². The number of benzene rings is 2. The average molecular weight is 308 g/mol. The highest BCUT2D eigenvalue weighted by molar-refractivity contribution is 7.91. The van der Waals surface area contributed by atoms with Gasteiger partial charge in [-0.3, -0.25) is 4.72 Å². The van der Waals surface area contributed by atoms with Crippen molar-refractivity contribution >= 4 is 15.7 Å². The maximum absolute atomic E-state index is 13.3. The van der Waals surface area contributed by atoms with E-state index in [1.165, 1.54) is 6.07 Å². The number of aryl methyl sites for hydroxylation is 1. The molecule has 2 aromatic rings. The minimum atomic E-state index is -3.59. The van der Waals surface area contributed by atoms with Crippen LogP contribution < -0.4 is 10.5 Å². The quantitative estimate of drug-likeness (QED) is 0.891. The molecule has 112 valence electrons. The molecule has 0 aliphatic carbocycles. The van der Waals surface area contributed by atoms with Crippen LogP contribution in [0.2, 0.25) is 0 Å². The van der Waals surface area contributed by atoms with E-state index in [0.717, 1.165) is 11.6 Å². The van der Waals surface area contributed by atoms with E-state index >= 15 is 0 Å². The summed E-state index contributed by atoms with van der Waals surface area (Å²) in [4.78, 5) is 0. The van der Waals surface area contributed by atoms with Crippen molar-refractivity contribution in [3.05, 3.63) is 65.0 Å². The molecular weight excluding hydrogens is 291 g/mol. The molecule has 0 aliphatic rings. The molecule has 0 bridgehead atoms. The van der Waals surface area contributed by atoms with Crippen LogP contribution in [-0.2, 0) is 22.3 Å². The van der Waals surface area contributed by atoms with Crippen LogP contribution in [0.5, 0.6) is 0 Å². The molecule has 0 amide bonds. The number of hydrogen-bond acceptors (Lipinski definition) is 3. The van der Waals surface area contributed by atoms with Crippen molar-refractivity contribution in [2.24, 2.45) is 5.73 Å².